The van der Waals surface area contributed by atoms with E-state index in [1.54, 1.807) is 0 Å². The summed E-state index contributed by atoms with van der Waals surface area (Å²) in [5, 5.41) is 12.0. The molecule has 4 heteroatoms. The molecule has 0 spiro atoms. The highest BCUT2D eigenvalue weighted by atomic mass is 16.5. The van der Waals surface area contributed by atoms with Gasteiger partial charge in [-0.25, -0.2) is 0 Å². The molecule has 2 atom stereocenters. The molecule has 0 heterocycles. The Morgan fingerprint density at radius 1 is 1.27 bits per heavy atom. The summed E-state index contributed by atoms with van der Waals surface area (Å²) >= 11 is 0. The lowest BCUT2D eigenvalue weighted by Gasteiger charge is -2.18. The fourth-order valence-electron chi connectivity index (χ4n) is 1.12. The number of nitrogens with one attached hydrogen (secondary N) is 1. The highest BCUT2D eigenvalue weighted by Crippen LogP contribution is 1.95. The summed E-state index contributed by atoms with van der Waals surface area (Å²) < 4.78 is 10.7. The van der Waals surface area contributed by atoms with Gasteiger partial charge in [0.15, 0.2) is 0 Å². The van der Waals surface area contributed by atoms with E-state index in [0.717, 1.165) is 0 Å². The molecule has 0 radical (unpaired) electrons. The van der Waals surface area contributed by atoms with Gasteiger partial charge in [-0.05, 0) is 27.7 Å². The van der Waals surface area contributed by atoms with E-state index < -0.39 is 0 Å². The second-order valence-corrected chi connectivity index (χ2v) is 3.81. The van der Waals surface area contributed by atoms with E-state index in [0.29, 0.717) is 25.9 Å². The van der Waals surface area contributed by atoms with Crippen LogP contribution in [0, 0.1) is 11.3 Å². The first kappa shape index (κ1) is 14.4. The first-order chi connectivity index (χ1) is 7.10. The SMILES string of the molecule is CCOCC(C)OCC(C#N)NC(C)C. The number of hydrogen-bond donors (Lipinski definition) is 1. The van der Waals surface area contributed by atoms with Crippen LogP contribution in [0.25, 0.3) is 0 Å². The first-order valence-corrected chi connectivity index (χ1v) is 5.45. The molecule has 15 heavy (non-hydrogen) atoms. The molecular formula is C11H22N2O2. The minimum absolute atomic E-state index is 0.0368. The van der Waals surface area contributed by atoms with E-state index in [1.807, 2.05) is 27.7 Å². The summed E-state index contributed by atoms with van der Waals surface area (Å²) in [4.78, 5) is 0. The largest absolute Gasteiger partial charge is 0.379 e. The second-order valence-electron chi connectivity index (χ2n) is 3.81. The number of ether oxygens (including phenoxy) is 2. The van der Waals surface area contributed by atoms with Crippen LogP contribution in [0.3, 0.4) is 0 Å². The Hall–Kier alpha value is -0.630. The Labute approximate surface area is 92.6 Å². The van der Waals surface area contributed by atoms with Gasteiger partial charge < -0.3 is 9.47 Å². The van der Waals surface area contributed by atoms with Crippen LogP contribution in [0.4, 0.5) is 0 Å². The molecule has 0 bridgehead atoms. The minimum Gasteiger partial charge on any atom is -0.379 e. The van der Waals surface area contributed by atoms with Crippen molar-refractivity contribution in [1.82, 2.24) is 5.32 Å². The zero-order valence-electron chi connectivity index (χ0n) is 10.1. The van der Waals surface area contributed by atoms with E-state index in [-0.39, 0.29) is 12.1 Å². The summed E-state index contributed by atoms with van der Waals surface area (Å²) in [6.07, 6.45) is 0.0368. The van der Waals surface area contributed by atoms with Crippen LogP contribution in [-0.4, -0.2) is 38.0 Å². The van der Waals surface area contributed by atoms with Crippen molar-refractivity contribution in [2.75, 3.05) is 19.8 Å². The lowest BCUT2D eigenvalue weighted by molar-refractivity contribution is -0.00741. The lowest BCUT2D eigenvalue weighted by atomic mass is 10.3. The molecule has 0 aromatic rings. The summed E-state index contributed by atoms with van der Waals surface area (Å²) in [6.45, 7) is 9.59. The summed E-state index contributed by atoms with van der Waals surface area (Å²) in [7, 11) is 0. The van der Waals surface area contributed by atoms with Crippen molar-refractivity contribution in [3.63, 3.8) is 0 Å². The Balaban J connectivity index is 3.66. The lowest BCUT2D eigenvalue weighted by Crippen LogP contribution is -2.38. The fourth-order valence-corrected chi connectivity index (χ4v) is 1.12. The van der Waals surface area contributed by atoms with Crippen molar-refractivity contribution >= 4 is 0 Å². The number of hydrogen-bond acceptors (Lipinski definition) is 4. The van der Waals surface area contributed by atoms with Gasteiger partial charge in [0.25, 0.3) is 0 Å². The Morgan fingerprint density at radius 2 is 1.93 bits per heavy atom. The third-order valence-electron chi connectivity index (χ3n) is 1.79. The Bertz CT molecular complexity index is 190. The molecule has 0 fully saturated rings. The third kappa shape index (κ3) is 8.37. The van der Waals surface area contributed by atoms with E-state index in [2.05, 4.69) is 11.4 Å². The standard InChI is InChI=1S/C11H22N2O2/c1-5-14-7-10(4)15-8-11(6-12)13-9(2)3/h9-11,13H,5,7-8H2,1-4H3. The van der Waals surface area contributed by atoms with E-state index in [9.17, 15) is 0 Å². The molecule has 0 amide bonds. The topological polar surface area (TPSA) is 54.3 Å². The van der Waals surface area contributed by atoms with E-state index in [1.165, 1.54) is 0 Å². The average molecular weight is 214 g/mol. The Kier molecular flexibility index (Phi) is 8.30. The van der Waals surface area contributed by atoms with Crippen LogP contribution < -0.4 is 5.32 Å². The van der Waals surface area contributed by atoms with Gasteiger partial charge in [-0.1, -0.05) is 0 Å². The van der Waals surface area contributed by atoms with Crippen molar-refractivity contribution in [3.05, 3.63) is 0 Å². The fraction of sp³-hybridized carbons (Fsp3) is 0.909. The third-order valence-corrected chi connectivity index (χ3v) is 1.79. The van der Waals surface area contributed by atoms with Gasteiger partial charge >= 0.3 is 0 Å². The summed E-state index contributed by atoms with van der Waals surface area (Å²) in [6, 6.07) is 2.22. The predicted molar refractivity (Wildman–Crippen MR) is 59.6 cm³/mol. The van der Waals surface area contributed by atoms with Crippen molar-refractivity contribution < 1.29 is 9.47 Å². The normalized spacial score (nSPS) is 14.9. The highest BCUT2D eigenvalue weighted by molar-refractivity contribution is 4.90. The zero-order valence-corrected chi connectivity index (χ0v) is 10.1. The van der Waals surface area contributed by atoms with Gasteiger partial charge in [0.1, 0.15) is 6.04 Å². The summed E-state index contributed by atoms with van der Waals surface area (Å²) in [5.74, 6) is 0. The quantitative estimate of drug-likeness (QED) is 0.662. The van der Waals surface area contributed by atoms with Gasteiger partial charge in [0.2, 0.25) is 0 Å². The number of rotatable bonds is 8. The van der Waals surface area contributed by atoms with Crippen molar-refractivity contribution in [2.45, 2.75) is 45.9 Å². The highest BCUT2D eigenvalue weighted by Gasteiger charge is 2.10. The molecule has 0 rings (SSSR count). The molecule has 0 aliphatic rings. The van der Waals surface area contributed by atoms with Crippen LogP contribution >= 0.6 is 0 Å². The average Bonchev–Trinajstić information content (AvgIpc) is 2.20. The first-order valence-electron chi connectivity index (χ1n) is 5.45. The predicted octanol–water partition coefficient (Wildman–Crippen LogP) is 1.32. The summed E-state index contributed by atoms with van der Waals surface area (Å²) in [5.41, 5.74) is 0. The molecule has 0 aromatic heterocycles. The van der Waals surface area contributed by atoms with E-state index in [4.69, 9.17) is 14.7 Å². The maximum Gasteiger partial charge on any atom is 0.119 e. The minimum atomic E-state index is -0.242. The van der Waals surface area contributed by atoms with Crippen molar-refractivity contribution in [2.24, 2.45) is 0 Å². The van der Waals surface area contributed by atoms with Gasteiger partial charge in [-0.3, -0.25) is 5.32 Å². The van der Waals surface area contributed by atoms with Crippen LogP contribution in [0.2, 0.25) is 0 Å². The maximum atomic E-state index is 8.84. The molecular weight excluding hydrogens is 192 g/mol. The molecule has 0 aliphatic heterocycles. The number of nitrogens with zero attached hydrogens (tertiary/aromatic N) is 1. The maximum absolute atomic E-state index is 8.84. The molecule has 0 aromatic carbocycles. The van der Waals surface area contributed by atoms with Crippen LogP contribution in [-0.2, 0) is 9.47 Å². The van der Waals surface area contributed by atoms with Gasteiger partial charge in [0.05, 0.1) is 25.4 Å². The molecule has 88 valence electrons. The van der Waals surface area contributed by atoms with Crippen LogP contribution in [0.15, 0.2) is 0 Å². The molecule has 0 saturated heterocycles. The Morgan fingerprint density at radius 3 is 2.40 bits per heavy atom. The molecule has 2 unspecified atom stereocenters. The zero-order chi connectivity index (χ0) is 11.7. The van der Waals surface area contributed by atoms with Crippen LogP contribution in [0.5, 0.6) is 0 Å². The van der Waals surface area contributed by atoms with Crippen molar-refractivity contribution in [1.29, 1.82) is 5.26 Å². The molecule has 4 nitrogen and oxygen atoms in total. The molecule has 0 saturated carbocycles. The number of nitriles is 1. The monoisotopic (exact) mass is 214 g/mol. The van der Waals surface area contributed by atoms with Gasteiger partial charge in [-0.15, -0.1) is 0 Å². The van der Waals surface area contributed by atoms with Gasteiger partial charge in [0, 0.05) is 12.6 Å². The molecule has 0 aliphatic carbocycles. The smallest absolute Gasteiger partial charge is 0.119 e. The van der Waals surface area contributed by atoms with Crippen molar-refractivity contribution in [3.8, 4) is 6.07 Å². The van der Waals surface area contributed by atoms with E-state index >= 15 is 0 Å². The van der Waals surface area contributed by atoms with Crippen LogP contribution in [0.1, 0.15) is 27.7 Å². The second kappa shape index (κ2) is 8.66. The molecule has 1 N–H and O–H groups in total. The van der Waals surface area contributed by atoms with Gasteiger partial charge in [-0.2, -0.15) is 5.26 Å².